The van der Waals surface area contributed by atoms with Crippen LogP contribution in [0, 0.1) is 6.92 Å². The van der Waals surface area contributed by atoms with Gasteiger partial charge in [-0.1, -0.05) is 58.5 Å². The van der Waals surface area contributed by atoms with Crippen molar-refractivity contribution in [1.29, 1.82) is 0 Å². The molecule has 0 spiro atoms. The van der Waals surface area contributed by atoms with Gasteiger partial charge in [0, 0.05) is 32.9 Å². The Morgan fingerprint density at radius 3 is 2.06 bits per heavy atom. The molecule has 1 atom stereocenters. The normalized spacial score (nSPS) is 12.7. The number of carbonyl (C=O) groups excluding carboxylic acids is 3. The lowest BCUT2D eigenvalue weighted by atomic mass is 10.1. The number of para-hydroxylation sites is 2. The number of anilines is 5. The van der Waals surface area contributed by atoms with E-state index in [0.29, 0.717) is 28.9 Å². The van der Waals surface area contributed by atoms with Gasteiger partial charge in [0.1, 0.15) is 18.2 Å². The predicted octanol–water partition coefficient (Wildman–Crippen LogP) is 6.90. The molecule has 0 bridgehead atoms. The number of amides is 4. The van der Waals surface area contributed by atoms with Crippen molar-refractivity contribution < 1.29 is 54.2 Å². The van der Waals surface area contributed by atoms with E-state index in [9.17, 15) is 44.8 Å². The molecule has 4 aromatic heterocycles. The van der Waals surface area contributed by atoms with Gasteiger partial charge in [-0.15, -0.1) is 5.10 Å². The highest BCUT2D eigenvalue weighted by Gasteiger charge is 2.32. The number of fused-ring (bicyclic) bond motifs is 1. The molecule has 1 aliphatic rings. The second-order valence-electron chi connectivity index (χ2n) is 16.7. The van der Waals surface area contributed by atoms with Gasteiger partial charge >= 0.3 is 18.3 Å². The highest BCUT2D eigenvalue weighted by atomic mass is 35.5. The summed E-state index contributed by atoms with van der Waals surface area (Å²) in [5.74, 6) is 0.473. The average molecular weight is 1270 g/mol. The molecule has 1 aliphatic heterocycles. The molecule has 0 fully saturated rings. The maximum Gasteiger partial charge on any atom is 0.355 e. The van der Waals surface area contributed by atoms with Crippen molar-refractivity contribution in [2.75, 3.05) is 73.3 Å². The van der Waals surface area contributed by atoms with E-state index in [1.807, 2.05) is 52.0 Å². The van der Waals surface area contributed by atoms with Crippen molar-refractivity contribution in [3.63, 3.8) is 0 Å². The number of aromatic nitrogens is 9. The third-order valence-electron chi connectivity index (χ3n) is 9.78. The van der Waals surface area contributed by atoms with Crippen LogP contribution in [0.3, 0.4) is 0 Å². The number of rotatable bonds is 15. The number of halogens is 7. The fourth-order valence-electron chi connectivity index (χ4n) is 6.46. The van der Waals surface area contributed by atoms with E-state index in [2.05, 4.69) is 55.7 Å². The summed E-state index contributed by atoms with van der Waals surface area (Å²) in [4.78, 5) is 73.4. The smallest absolute Gasteiger partial charge is 0.355 e. The van der Waals surface area contributed by atoms with Crippen molar-refractivity contribution in [3.8, 4) is 23.2 Å². The van der Waals surface area contributed by atoms with Crippen LogP contribution in [-0.4, -0.2) is 148 Å². The van der Waals surface area contributed by atoms with Gasteiger partial charge in [0.15, 0.2) is 9.86 Å². The van der Waals surface area contributed by atoms with E-state index in [1.165, 1.54) is 70.6 Å². The van der Waals surface area contributed by atoms with Crippen molar-refractivity contribution in [3.05, 3.63) is 98.0 Å². The van der Waals surface area contributed by atoms with Crippen LogP contribution < -0.4 is 50.2 Å². The third kappa shape index (κ3) is 19.0. The zero-order chi connectivity index (χ0) is 60.7. The molecule has 0 aliphatic carbocycles. The first kappa shape index (κ1) is 66.4. The molecule has 0 saturated heterocycles. The Hall–Kier alpha value is -7.16. The van der Waals surface area contributed by atoms with Crippen LogP contribution in [0.2, 0.25) is 15.3 Å². The zero-order valence-corrected chi connectivity index (χ0v) is 49.8. The number of ether oxygens (including phenoxy) is 3. The third-order valence-corrected chi connectivity index (χ3v) is 12.8. The summed E-state index contributed by atoms with van der Waals surface area (Å²) in [6.45, 7) is 7.22. The minimum atomic E-state index is -4.46. The number of hydrogen-bond acceptors (Lipinski definition) is 20. The summed E-state index contributed by atoms with van der Waals surface area (Å²) in [6.07, 6.45) is 2.09. The second kappa shape index (κ2) is 29.5. The van der Waals surface area contributed by atoms with Gasteiger partial charge in [0.05, 0.1) is 65.3 Å². The number of nitrogens with zero attached hydrogens (tertiary/aromatic N) is 11. The summed E-state index contributed by atoms with van der Waals surface area (Å²) < 4.78 is 93.5. The highest BCUT2D eigenvalue weighted by molar-refractivity contribution is 7.92. The largest absolute Gasteiger partial charge is 0.489 e. The van der Waals surface area contributed by atoms with E-state index < -0.39 is 54.1 Å². The van der Waals surface area contributed by atoms with Gasteiger partial charge in [-0.2, -0.15) is 46.8 Å². The van der Waals surface area contributed by atoms with Gasteiger partial charge < -0.3 is 34.6 Å². The molecule has 5 heterocycles. The number of carbonyl (C=O) groups is 3. The Kier molecular flexibility index (Phi) is 24.2. The highest BCUT2D eigenvalue weighted by Crippen LogP contribution is 2.35. The van der Waals surface area contributed by atoms with Crippen LogP contribution in [0.25, 0.3) is 5.69 Å². The average Bonchev–Trinajstić information content (AvgIpc) is 3.91. The van der Waals surface area contributed by atoms with Crippen LogP contribution in [-0.2, 0) is 24.8 Å². The molecule has 7 rings (SSSR count). The molecule has 440 valence electrons. The Bertz CT molecular complexity index is 3470. The second-order valence-corrected chi connectivity index (χ2v) is 22.3. The first-order valence-corrected chi connectivity index (χ1v) is 28.5. The van der Waals surface area contributed by atoms with Crippen molar-refractivity contribution in [2.24, 2.45) is 0 Å². The maximum atomic E-state index is 12.8. The number of sulfonamides is 2. The molecule has 2 aromatic carbocycles. The first-order chi connectivity index (χ1) is 37.9. The molecule has 27 nitrogen and oxygen atoms in total. The number of aryl methyl sites for hydroxylation is 1. The molecule has 0 saturated carbocycles. The monoisotopic (exact) mass is 1270 g/mol. The Labute approximate surface area is 488 Å². The van der Waals surface area contributed by atoms with Crippen LogP contribution in [0.1, 0.15) is 50.4 Å². The minimum absolute atomic E-state index is 0.0257. The molecule has 81 heavy (non-hydrogen) atoms. The summed E-state index contributed by atoms with van der Waals surface area (Å²) >= 11 is 28.8. The Morgan fingerprint density at radius 1 is 0.877 bits per heavy atom. The van der Waals surface area contributed by atoms with Gasteiger partial charge in [-0.05, 0) is 82.6 Å². The lowest BCUT2D eigenvalue weighted by Crippen LogP contribution is -2.47. The summed E-state index contributed by atoms with van der Waals surface area (Å²) in [6, 6.07) is 12.8. The van der Waals surface area contributed by atoms with E-state index in [4.69, 9.17) is 72.2 Å². The van der Waals surface area contributed by atoms with E-state index in [1.54, 1.807) is 9.62 Å². The van der Waals surface area contributed by atoms with E-state index in [0.717, 1.165) is 24.6 Å². The van der Waals surface area contributed by atoms with Crippen molar-refractivity contribution in [1.82, 2.24) is 53.9 Å². The van der Waals surface area contributed by atoms with E-state index >= 15 is 0 Å². The SMILES string of the molecule is CC1COc2ccccc2N1C(=O)C(Cl)Cl.CCNc1nc(Cl)nc(NC(C)C)n1.COc1cc(OC)nc(NC(=O)NS(=O)(=O)c2ncccc2C(=O)N(C)C)n1.Cc1nn(-c2cc(NS(C)(=O)=O)c(Cl)cc2Cl)c(=O)n1C(F)F. The van der Waals surface area contributed by atoms with Crippen molar-refractivity contribution >= 4 is 125 Å². The van der Waals surface area contributed by atoms with Crippen LogP contribution >= 0.6 is 58.0 Å². The molecule has 5 N–H and O–H groups in total. The Balaban J connectivity index is 0.000000240. The van der Waals surface area contributed by atoms with Gasteiger partial charge in [0.2, 0.25) is 44.9 Å². The fourth-order valence-corrected chi connectivity index (χ4v) is 9.00. The number of urea groups is 1. The van der Waals surface area contributed by atoms with Gasteiger partial charge in [-0.25, -0.2) is 32.3 Å². The van der Waals surface area contributed by atoms with Crippen LogP contribution in [0.4, 0.5) is 42.8 Å². The topological polar surface area (TPSA) is 331 Å². The molecular formula is C45H53Cl5F2N16O11S2. The molecule has 1 unspecified atom stereocenters. The van der Waals surface area contributed by atoms with Gasteiger partial charge in [-0.3, -0.25) is 19.6 Å². The number of benzene rings is 2. The number of alkyl halides is 4. The molecule has 6 aromatic rings. The molecular weight excluding hydrogens is 1220 g/mol. The Morgan fingerprint density at radius 2 is 1.51 bits per heavy atom. The van der Waals surface area contributed by atoms with Crippen molar-refractivity contribution in [2.45, 2.75) is 63.1 Å². The molecule has 36 heteroatoms. The summed E-state index contributed by atoms with van der Waals surface area (Å²) in [5, 5.41) is 11.4. The number of nitrogens with one attached hydrogen (secondary N) is 5. The fraction of sp³-hybridized carbons (Fsp3) is 0.356. The molecule has 0 radical (unpaired) electrons. The summed E-state index contributed by atoms with van der Waals surface area (Å²) in [5.41, 5.74) is -0.740. The minimum Gasteiger partial charge on any atom is -0.489 e. The quantitative estimate of drug-likeness (QED) is 0.0653. The lowest BCUT2D eigenvalue weighted by Gasteiger charge is -2.35. The van der Waals surface area contributed by atoms with Crippen LogP contribution in [0.5, 0.6) is 17.5 Å². The summed E-state index contributed by atoms with van der Waals surface area (Å²) in [7, 11) is -2.50. The first-order valence-electron chi connectivity index (χ1n) is 23.1. The number of methoxy groups -OCH3 is 2. The number of hydrogen-bond donors (Lipinski definition) is 5. The van der Waals surface area contributed by atoms with Gasteiger partial charge in [0.25, 0.3) is 21.8 Å². The zero-order valence-electron chi connectivity index (χ0n) is 44.4. The molecule has 4 amide bonds. The van der Waals surface area contributed by atoms with E-state index in [-0.39, 0.29) is 78.4 Å². The predicted molar refractivity (Wildman–Crippen MR) is 301 cm³/mol. The lowest BCUT2D eigenvalue weighted by molar-refractivity contribution is -0.117. The van der Waals surface area contributed by atoms with Crippen LogP contribution in [0.15, 0.2) is 70.6 Å². The number of pyridine rings is 1. The standard InChI is InChI=1S/C15H18N6O6S.C11H10Cl2F2N4O3S.C11H11Cl2NO2.C8H14ClN5/c1-21(2)13(22)9-6-5-7-16-12(9)28(24,25)20-15(23)19-14-17-10(26-3)8-11(18-14)27-4;1-5-16-19(11(20)18(5)10(14)15)9-4-8(17-23(2,21)22)6(12)3-7(9)13;1-7-6-16-9-5-3-2-4-8(9)14(7)11(15)10(12)13;1-4-10-7-12-6(9)13-8(14-7)11-5(2)3/h5-8H,1-4H3,(H2,17,18,19,20,23);3-4,10,17H,1-2H3;2-5,7,10H,6H2,1H3;5H,4H2,1-3H3,(H2,10,11,12,13,14). The maximum absolute atomic E-state index is 12.8.